The second-order valence-corrected chi connectivity index (χ2v) is 13.9. The van der Waals surface area contributed by atoms with E-state index in [9.17, 15) is 19.2 Å². The van der Waals surface area contributed by atoms with E-state index in [1.165, 1.54) is 5.56 Å². The van der Waals surface area contributed by atoms with Crippen LogP contribution in [0.3, 0.4) is 0 Å². The maximum absolute atomic E-state index is 14.1. The number of fused-ring (bicyclic) bond motifs is 6. The zero-order valence-electron chi connectivity index (χ0n) is 28.3. The minimum Gasteiger partial charge on any atom is -0.484 e. The molecule has 3 saturated heterocycles. The SMILES string of the molecule is O=C1Cc2ccccc2CNC(=O)[C@@H]2C[C@H](NCc3ccccc3)CN2C2CCN(CC2)C(=O)[C@@H]2C[C@H](CN2C(=O)COc2ccccc2)N1. The molecule has 4 atom stereocenters. The summed E-state index contributed by atoms with van der Waals surface area (Å²) in [7, 11) is 0. The molecule has 3 aromatic rings. The van der Waals surface area contributed by atoms with Crippen molar-refractivity contribution in [2.75, 3.05) is 32.8 Å². The number of hydrogen-bond acceptors (Lipinski definition) is 7. The van der Waals surface area contributed by atoms with Crippen LogP contribution in [-0.2, 0) is 38.7 Å². The predicted octanol–water partition coefficient (Wildman–Crippen LogP) is 2.25. The Morgan fingerprint density at radius 2 is 1.52 bits per heavy atom. The number of nitrogens with zero attached hydrogens (tertiary/aromatic N) is 3. The van der Waals surface area contributed by atoms with Crippen LogP contribution < -0.4 is 20.7 Å². The van der Waals surface area contributed by atoms with E-state index in [0.717, 1.165) is 37.1 Å². The summed E-state index contributed by atoms with van der Waals surface area (Å²) in [6, 6.07) is 26.0. The highest BCUT2D eigenvalue weighted by Gasteiger charge is 2.45. The Hall–Kier alpha value is -4.74. The Balaban J connectivity index is 1.11. The Kier molecular flexibility index (Phi) is 10.4. The highest BCUT2D eigenvalue weighted by molar-refractivity contribution is 5.89. The topological polar surface area (TPSA) is 123 Å². The fourth-order valence-electron chi connectivity index (χ4n) is 8.01. The van der Waals surface area contributed by atoms with E-state index < -0.39 is 6.04 Å². The van der Waals surface area contributed by atoms with Gasteiger partial charge in [-0.1, -0.05) is 72.8 Å². The lowest BCUT2D eigenvalue weighted by atomic mass is 10.00. The molecule has 3 N–H and O–H groups in total. The van der Waals surface area contributed by atoms with E-state index in [1.807, 2.05) is 65.6 Å². The van der Waals surface area contributed by atoms with Crippen LogP contribution in [0.4, 0.5) is 0 Å². The molecule has 4 amide bonds. The average Bonchev–Trinajstić information content (AvgIpc) is 3.78. The van der Waals surface area contributed by atoms with Crippen LogP contribution in [0.15, 0.2) is 84.9 Å². The number of para-hydroxylation sites is 1. The van der Waals surface area contributed by atoms with E-state index in [-0.39, 0.29) is 67.4 Å². The number of carbonyl (C=O) groups excluding carboxylic acids is 4. The first-order valence-corrected chi connectivity index (χ1v) is 17.8. The van der Waals surface area contributed by atoms with E-state index in [1.54, 1.807) is 17.0 Å². The molecule has 5 aliphatic heterocycles. The lowest BCUT2D eigenvalue weighted by Crippen LogP contribution is -2.55. The number of carbonyl (C=O) groups is 4. The number of likely N-dealkylation sites (tertiary alicyclic amines) is 1. The third-order valence-electron chi connectivity index (χ3n) is 10.6. The van der Waals surface area contributed by atoms with Crippen molar-refractivity contribution in [1.82, 2.24) is 30.7 Å². The van der Waals surface area contributed by atoms with Gasteiger partial charge < -0.3 is 30.5 Å². The van der Waals surface area contributed by atoms with Crippen molar-refractivity contribution in [2.24, 2.45) is 0 Å². The van der Waals surface area contributed by atoms with Crippen molar-refractivity contribution in [3.63, 3.8) is 0 Å². The third-order valence-corrected chi connectivity index (χ3v) is 10.6. The molecule has 0 radical (unpaired) electrons. The number of nitrogens with one attached hydrogen (secondary N) is 3. The quantitative estimate of drug-likeness (QED) is 0.366. The van der Waals surface area contributed by atoms with Gasteiger partial charge in [-0.2, -0.15) is 0 Å². The first-order chi connectivity index (χ1) is 24.4. The molecule has 262 valence electrons. The summed E-state index contributed by atoms with van der Waals surface area (Å²) in [5.41, 5.74) is 2.92. The summed E-state index contributed by atoms with van der Waals surface area (Å²) in [4.78, 5) is 60.8. The number of ether oxygens (including phenoxy) is 1. The van der Waals surface area contributed by atoms with E-state index >= 15 is 0 Å². The summed E-state index contributed by atoms with van der Waals surface area (Å²) in [5, 5.41) is 9.98. The van der Waals surface area contributed by atoms with Crippen molar-refractivity contribution >= 4 is 23.6 Å². The van der Waals surface area contributed by atoms with Gasteiger partial charge in [-0.3, -0.25) is 24.1 Å². The number of hydrogen-bond donors (Lipinski definition) is 3. The van der Waals surface area contributed by atoms with Gasteiger partial charge in [0.2, 0.25) is 17.7 Å². The zero-order valence-corrected chi connectivity index (χ0v) is 28.3. The molecule has 5 heterocycles. The summed E-state index contributed by atoms with van der Waals surface area (Å²) in [6.07, 6.45) is 2.64. The predicted molar refractivity (Wildman–Crippen MR) is 188 cm³/mol. The molecular formula is C39H46N6O5. The lowest BCUT2D eigenvalue weighted by molar-refractivity contribution is -0.146. The van der Waals surface area contributed by atoms with Gasteiger partial charge in [0.1, 0.15) is 11.8 Å². The Labute approximate surface area is 293 Å². The van der Waals surface area contributed by atoms with Crippen LogP contribution >= 0.6 is 0 Å². The third kappa shape index (κ3) is 7.84. The minimum absolute atomic E-state index is 0.0159. The van der Waals surface area contributed by atoms with Gasteiger partial charge in [0.15, 0.2) is 6.61 Å². The molecule has 3 aromatic carbocycles. The molecule has 0 saturated carbocycles. The molecule has 11 heteroatoms. The number of benzene rings is 3. The standard InChI is InChI=1S/C39H46N6O5/c46-36-19-28-11-7-8-12-29(28)23-41-38(48)34-20-30(40-22-27-9-3-1-4-10-27)24-44(34)32-15-17-43(18-16-32)39(49)35-21-31(42-36)25-45(35)37(47)26-50-33-13-5-2-6-14-33/h1-14,30-32,34-35,40H,15-26H2,(H,41,48)(H,42,46)/t30-,31+,34-,35-/m0/s1. The van der Waals surface area contributed by atoms with Gasteiger partial charge in [0.25, 0.3) is 5.91 Å². The Bertz CT molecular complexity index is 1660. The van der Waals surface area contributed by atoms with Crippen LogP contribution in [0.2, 0.25) is 0 Å². The minimum atomic E-state index is -0.688. The zero-order chi connectivity index (χ0) is 34.5. The highest BCUT2D eigenvalue weighted by atomic mass is 16.5. The van der Waals surface area contributed by atoms with Gasteiger partial charge in [0.05, 0.1) is 12.5 Å². The second-order valence-electron chi connectivity index (χ2n) is 13.9. The summed E-state index contributed by atoms with van der Waals surface area (Å²) >= 11 is 0. The summed E-state index contributed by atoms with van der Waals surface area (Å²) < 4.78 is 5.77. The maximum Gasteiger partial charge on any atom is 0.261 e. The van der Waals surface area contributed by atoms with Crippen LogP contribution in [0.5, 0.6) is 5.75 Å². The van der Waals surface area contributed by atoms with Crippen LogP contribution in [0.1, 0.15) is 42.4 Å². The van der Waals surface area contributed by atoms with Crippen LogP contribution in [-0.4, -0.2) is 101 Å². The number of amides is 4. The lowest BCUT2D eigenvalue weighted by Gasteiger charge is -2.40. The molecular weight excluding hydrogens is 632 g/mol. The first kappa shape index (κ1) is 33.7. The molecule has 3 fully saturated rings. The van der Waals surface area contributed by atoms with Crippen LogP contribution in [0.25, 0.3) is 0 Å². The second kappa shape index (κ2) is 15.4. The van der Waals surface area contributed by atoms with Crippen molar-refractivity contribution in [1.29, 1.82) is 0 Å². The van der Waals surface area contributed by atoms with Crippen molar-refractivity contribution < 1.29 is 23.9 Å². The maximum atomic E-state index is 14.1. The van der Waals surface area contributed by atoms with E-state index in [2.05, 4.69) is 33.0 Å². The number of piperidine rings is 1. The monoisotopic (exact) mass is 678 g/mol. The van der Waals surface area contributed by atoms with E-state index in [0.29, 0.717) is 38.2 Å². The highest BCUT2D eigenvalue weighted by Crippen LogP contribution is 2.29. The largest absolute Gasteiger partial charge is 0.484 e. The van der Waals surface area contributed by atoms with Gasteiger partial charge in [-0.05, 0) is 54.5 Å². The van der Waals surface area contributed by atoms with E-state index in [4.69, 9.17) is 4.74 Å². The molecule has 0 aliphatic carbocycles. The Morgan fingerprint density at radius 3 is 2.28 bits per heavy atom. The first-order valence-electron chi connectivity index (χ1n) is 17.8. The molecule has 11 nitrogen and oxygen atoms in total. The normalized spacial score (nSPS) is 26.0. The van der Waals surface area contributed by atoms with Crippen molar-refractivity contribution in [2.45, 2.75) is 75.4 Å². The fraction of sp³-hybridized carbons (Fsp3) is 0.436. The number of rotatable bonds is 6. The summed E-state index contributed by atoms with van der Waals surface area (Å²) in [6.45, 7) is 2.93. The molecule has 0 unspecified atom stereocenters. The van der Waals surface area contributed by atoms with Crippen molar-refractivity contribution in [3.8, 4) is 5.75 Å². The van der Waals surface area contributed by atoms with Gasteiger partial charge in [-0.25, -0.2) is 0 Å². The molecule has 8 rings (SSSR count). The van der Waals surface area contributed by atoms with Crippen LogP contribution in [0, 0.1) is 0 Å². The average molecular weight is 679 g/mol. The molecule has 4 bridgehead atoms. The van der Waals surface area contributed by atoms with Gasteiger partial charge >= 0.3 is 0 Å². The fourth-order valence-corrected chi connectivity index (χ4v) is 8.01. The smallest absolute Gasteiger partial charge is 0.261 e. The van der Waals surface area contributed by atoms with Crippen molar-refractivity contribution in [3.05, 3.63) is 102 Å². The Morgan fingerprint density at radius 1 is 0.820 bits per heavy atom. The van der Waals surface area contributed by atoms with Gasteiger partial charge in [0, 0.05) is 57.4 Å². The molecule has 0 spiro atoms. The molecule has 0 aromatic heterocycles. The van der Waals surface area contributed by atoms with Gasteiger partial charge in [-0.15, -0.1) is 0 Å². The molecule has 50 heavy (non-hydrogen) atoms. The molecule has 5 aliphatic rings. The summed E-state index contributed by atoms with van der Waals surface area (Å²) in [5.74, 6) is -0.00753.